The molecule has 18 heavy (non-hydrogen) atoms. The summed E-state index contributed by atoms with van der Waals surface area (Å²) in [6.45, 7) is 8.79. The summed E-state index contributed by atoms with van der Waals surface area (Å²) in [5.41, 5.74) is 0. The molecule has 2 rings (SSSR count). The van der Waals surface area contributed by atoms with Crippen LogP contribution in [0.3, 0.4) is 0 Å². The third-order valence-electron chi connectivity index (χ3n) is 4.48. The van der Waals surface area contributed by atoms with Gasteiger partial charge in [0.1, 0.15) is 0 Å². The quantitative estimate of drug-likeness (QED) is 0.773. The molecule has 0 unspecified atom stereocenters. The number of piperazine rings is 1. The number of rotatable bonds is 5. The number of piperidine rings is 1. The Labute approximate surface area is 112 Å². The van der Waals surface area contributed by atoms with Gasteiger partial charge in [0.15, 0.2) is 0 Å². The summed E-state index contributed by atoms with van der Waals surface area (Å²) >= 11 is 0. The lowest BCUT2D eigenvalue weighted by molar-refractivity contribution is 0.0822. The highest BCUT2D eigenvalue weighted by atomic mass is 16.3. The molecule has 2 aliphatic heterocycles. The summed E-state index contributed by atoms with van der Waals surface area (Å²) < 4.78 is 0. The molecule has 1 N–H and O–H groups in total. The predicted octanol–water partition coefficient (Wildman–Crippen LogP) is 0.471. The van der Waals surface area contributed by atoms with Crippen LogP contribution in [-0.2, 0) is 0 Å². The van der Waals surface area contributed by atoms with Crippen molar-refractivity contribution < 1.29 is 5.11 Å². The van der Waals surface area contributed by atoms with E-state index in [1.165, 1.54) is 65.0 Å². The summed E-state index contributed by atoms with van der Waals surface area (Å²) in [5, 5.41) is 9.38. The molecule has 0 aliphatic carbocycles. The van der Waals surface area contributed by atoms with Gasteiger partial charge in [0.2, 0.25) is 0 Å². The Morgan fingerprint density at radius 3 is 2.50 bits per heavy atom. The minimum atomic E-state index is 0.342. The van der Waals surface area contributed by atoms with Crippen LogP contribution in [0.4, 0.5) is 0 Å². The van der Waals surface area contributed by atoms with Gasteiger partial charge in [0, 0.05) is 32.2 Å². The van der Waals surface area contributed by atoms with E-state index in [-0.39, 0.29) is 0 Å². The number of likely N-dealkylation sites (tertiary alicyclic amines) is 1. The molecule has 0 saturated carbocycles. The van der Waals surface area contributed by atoms with Crippen LogP contribution >= 0.6 is 0 Å². The van der Waals surface area contributed by atoms with Gasteiger partial charge in [-0.25, -0.2) is 0 Å². The Balaban J connectivity index is 1.62. The van der Waals surface area contributed by atoms with Gasteiger partial charge >= 0.3 is 0 Å². The summed E-state index contributed by atoms with van der Waals surface area (Å²) in [6, 6.07) is 0.436. The van der Waals surface area contributed by atoms with Gasteiger partial charge in [-0.2, -0.15) is 0 Å². The summed E-state index contributed by atoms with van der Waals surface area (Å²) in [6.07, 6.45) is 5.04. The molecule has 0 bridgehead atoms. The minimum Gasteiger partial charge on any atom is -0.395 e. The molecule has 4 heteroatoms. The van der Waals surface area contributed by atoms with Gasteiger partial charge < -0.3 is 14.9 Å². The zero-order valence-electron chi connectivity index (χ0n) is 11.9. The van der Waals surface area contributed by atoms with E-state index in [0.29, 0.717) is 12.6 Å². The predicted molar refractivity (Wildman–Crippen MR) is 74.9 cm³/mol. The Morgan fingerprint density at radius 2 is 1.78 bits per heavy atom. The summed E-state index contributed by atoms with van der Waals surface area (Å²) in [5.74, 6) is 0. The number of likely N-dealkylation sites (N-methyl/N-ethyl adjacent to an activating group) is 1. The van der Waals surface area contributed by atoms with Crippen LogP contribution in [0, 0.1) is 0 Å². The van der Waals surface area contributed by atoms with Crippen LogP contribution in [0.5, 0.6) is 0 Å². The molecule has 0 aromatic rings. The van der Waals surface area contributed by atoms with Gasteiger partial charge in [-0.3, -0.25) is 4.90 Å². The van der Waals surface area contributed by atoms with Crippen LogP contribution < -0.4 is 0 Å². The summed E-state index contributed by atoms with van der Waals surface area (Å²) in [4.78, 5) is 7.49. The Kier molecular flexibility index (Phi) is 5.89. The molecule has 0 aromatic carbocycles. The van der Waals surface area contributed by atoms with E-state index in [2.05, 4.69) is 21.7 Å². The second kappa shape index (κ2) is 7.43. The molecule has 2 aliphatic rings. The van der Waals surface area contributed by atoms with Gasteiger partial charge in [-0.05, 0) is 45.9 Å². The second-order valence-electron chi connectivity index (χ2n) is 5.87. The molecule has 106 valence electrons. The van der Waals surface area contributed by atoms with Gasteiger partial charge in [0.25, 0.3) is 0 Å². The van der Waals surface area contributed by atoms with Crippen LogP contribution in [0.25, 0.3) is 0 Å². The molecule has 1 atom stereocenters. The van der Waals surface area contributed by atoms with Gasteiger partial charge in [-0.15, -0.1) is 0 Å². The van der Waals surface area contributed by atoms with Crippen molar-refractivity contribution in [3.8, 4) is 0 Å². The molecule has 2 heterocycles. The molecular weight excluding hydrogens is 226 g/mol. The SMILES string of the molecule is CN1CCN(CCCN2CCCC[C@@H]2CO)CC1. The highest BCUT2D eigenvalue weighted by Gasteiger charge is 2.21. The second-order valence-corrected chi connectivity index (χ2v) is 5.87. The van der Waals surface area contributed by atoms with Crippen LogP contribution in [0.2, 0.25) is 0 Å². The van der Waals surface area contributed by atoms with Crippen molar-refractivity contribution in [2.45, 2.75) is 31.7 Å². The van der Waals surface area contributed by atoms with Crippen LogP contribution in [0.15, 0.2) is 0 Å². The number of hydrogen-bond acceptors (Lipinski definition) is 4. The smallest absolute Gasteiger partial charge is 0.0586 e. The first-order valence-electron chi connectivity index (χ1n) is 7.55. The molecular formula is C14H29N3O. The lowest BCUT2D eigenvalue weighted by Crippen LogP contribution is -2.46. The third kappa shape index (κ3) is 4.19. The van der Waals surface area contributed by atoms with E-state index in [1.54, 1.807) is 0 Å². The largest absolute Gasteiger partial charge is 0.395 e. The first-order valence-corrected chi connectivity index (χ1v) is 7.55. The average Bonchev–Trinajstić information content (AvgIpc) is 2.41. The Morgan fingerprint density at radius 1 is 1.00 bits per heavy atom. The van der Waals surface area contributed by atoms with E-state index in [4.69, 9.17) is 0 Å². The highest BCUT2D eigenvalue weighted by molar-refractivity contribution is 4.77. The van der Waals surface area contributed by atoms with E-state index in [1.807, 2.05) is 0 Å². The van der Waals surface area contributed by atoms with E-state index in [9.17, 15) is 5.11 Å². The van der Waals surface area contributed by atoms with Crippen molar-refractivity contribution in [1.82, 2.24) is 14.7 Å². The zero-order chi connectivity index (χ0) is 12.8. The van der Waals surface area contributed by atoms with Gasteiger partial charge in [0.05, 0.1) is 6.61 Å². The first kappa shape index (κ1) is 14.3. The number of hydrogen-bond donors (Lipinski definition) is 1. The van der Waals surface area contributed by atoms with E-state index in [0.717, 1.165) is 6.54 Å². The van der Waals surface area contributed by atoms with Crippen molar-refractivity contribution in [3.05, 3.63) is 0 Å². The third-order valence-corrected chi connectivity index (χ3v) is 4.48. The fourth-order valence-electron chi connectivity index (χ4n) is 3.13. The first-order chi connectivity index (χ1) is 8.79. The fourth-order valence-corrected chi connectivity index (χ4v) is 3.13. The molecule has 0 aromatic heterocycles. The van der Waals surface area contributed by atoms with Crippen molar-refractivity contribution >= 4 is 0 Å². The maximum atomic E-state index is 9.38. The Hall–Kier alpha value is -0.160. The fraction of sp³-hybridized carbons (Fsp3) is 1.00. The molecule has 2 saturated heterocycles. The highest BCUT2D eigenvalue weighted by Crippen LogP contribution is 2.16. The standard InChI is InChI=1S/C14H29N3O/c1-15-9-11-16(12-10-15)6-4-8-17-7-3-2-5-14(17)13-18/h14,18H,2-13H2,1H3/t14-/m1/s1. The maximum Gasteiger partial charge on any atom is 0.0586 e. The van der Waals surface area contributed by atoms with Crippen molar-refractivity contribution in [3.63, 3.8) is 0 Å². The van der Waals surface area contributed by atoms with Crippen molar-refractivity contribution in [1.29, 1.82) is 0 Å². The lowest BCUT2D eigenvalue weighted by Gasteiger charge is -2.36. The number of aliphatic hydroxyl groups excluding tert-OH is 1. The Bertz CT molecular complexity index is 229. The topological polar surface area (TPSA) is 30.0 Å². The minimum absolute atomic E-state index is 0.342. The van der Waals surface area contributed by atoms with E-state index >= 15 is 0 Å². The van der Waals surface area contributed by atoms with Crippen molar-refractivity contribution in [2.24, 2.45) is 0 Å². The summed E-state index contributed by atoms with van der Waals surface area (Å²) in [7, 11) is 2.21. The van der Waals surface area contributed by atoms with Crippen LogP contribution in [0.1, 0.15) is 25.7 Å². The number of aliphatic hydroxyl groups is 1. The molecule has 2 fully saturated rings. The zero-order valence-corrected chi connectivity index (χ0v) is 11.9. The monoisotopic (exact) mass is 255 g/mol. The lowest BCUT2D eigenvalue weighted by atomic mass is 10.0. The van der Waals surface area contributed by atoms with Crippen molar-refractivity contribution in [2.75, 3.05) is 59.5 Å². The normalized spacial score (nSPS) is 28.7. The van der Waals surface area contributed by atoms with Gasteiger partial charge in [-0.1, -0.05) is 6.42 Å². The molecule has 0 radical (unpaired) electrons. The number of nitrogens with zero attached hydrogens (tertiary/aromatic N) is 3. The van der Waals surface area contributed by atoms with Crippen LogP contribution in [-0.4, -0.2) is 85.3 Å². The molecule has 0 spiro atoms. The average molecular weight is 255 g/mol. The van der Waals surface area contributed by atoms with E-state index < -0.39 is 0 Å². The molecule has 4 nitrogen and oxygen atoms in total. The molecule has 0 amide bonds. The maximum absolute atomic E-state index is 9.38.